The van der Waals surface area contributed by atoms with E-state index in [4.69, 9.17) is 28.9 Å². The molecule has 3 aromatic heterocycles. The zero-order chi connectivity index (χ0) is 73.0. The molecular weight excluding hydrogens is 1340 g/mol. The second-order valence-corrected chi connectivity index (χ2v) is 22.6. The number of H-pyrrole nitrogens is 2. The molecule has 13 rings (SSSR count). The number of benzene rings is 8. The van der Waals surface area contributed by atoms with Crippen molar-refractivity contribution in [3.05, 3.63) is 233 Å². The minimum absolute atomic E-state index is 0.0542. The van der Waals surface area contributed by atoms with Gasteiger partial charge in [-0.05, 0) is 168 Å². The maximum atomic E-state index is 11.7. The molecular formula is C72H50N16O16. The van der Waals surface area contributed by atoms with Crippen molar-refractivity contribution >= 4 is 115 Å². The van der Waals surface area contributed by atoms with Crippen molar-refractivity contribution in [1.29, 1.82) is 0 Å². The van der Waals surface area contributed by atoms with E-state index >= 15 is 0 Å². The normalized spacial score (nSPS) is 11.9. The summed E-state index contributed by atoms with van der Waals surface area (Å²) in [6, 6.07) is 40.5. The summed E-state index contributed by atoms with van der Waals surface area (Å²) in [5.74, 6) is -1.88. The number of fused-ring (bicyclic) bond motifs is 8. The molecule has 0 unspecified atom stereocenters. The van der Waals surface area contributed by atoms with Crippen LogP contribution in [0.1, 0.15) is 22.8 Å². The van der Waals surface area contributed by atoms with Crippen LogP contribution in [0.2, 0.25) is 0 Å². The maximum Gasteiger partial charge on any atom is 0.269 e. The fourth-order valence-electron chi connectivity index (χ4n) is 11.3. The lowest BCUT2D eigenvalue weighted by Crippen LogP contribution is -1.92. The Morgan fingerprint density at radius 2 is 0.510 bits per heavy atom. The van der Waals surface area contributed by atoms with Crippen LogP contribution in [0.5, 0.6) is 46.0 Å². The van der Waals surface area contributed by atoms with Gasteiger partial charge >= 0.3 is 0 Å². The van der Waals surface area contributed by atoms with E-state index in [1.807, 2.05) is 0 Å². The molecule has 0 saturated heterocycles. The van der Waals surface area contributed by atoms with Crippen molar-refractivity contribution in [2.24, 2.45) is 40.9 Å². The van der Waals surface area contributed by atoms with Crippen LogP contribution in [0.3, 0.4) is 0 Å². The van der Waals surface area contributed by atoms with Gasteiger partial charge in [0.1, 0.15) is 22.7 Å². The van der Waals surface area contributed by atoms with Crippen LogP contribution >= 0.6 is 0 Å². The lowest BCUT2D eigenvalue weighted by Gasteiger charge is -2.12. The first-order chi connectivity index (χ1) is 50.3. The number of azo groups is 4. The fraction of sp³-hybridized carbons (Fsp3) is 0.0556. The number of hydrogen-bond acceptors (Lipinski definition) is 26. The van der Waals surface area contributed by atoms with Crippen molar-refractivity contribution in [2.75, 3.05) is 28.4 Å². The molecule has 32 nitrogen and oxygen atoms in total. The van der Waals surface area contributed by atoms with Crippen LogP contribution < -0.4 is 18.9 Å². The van der Waals surface area contributed by atoms with E-state index in [0.29, 0.717) is 66.6 Å². The molecule has 0 amide bonds. The summed E-state index contributed by atoms with van der Waals surface area (Å²) in [7, 11) is 5.36. The summed E-state index contributed by atoms with van der Waals surface area (Å²) >= 11 is 0. The number of phenols is 4. The molecule has 0 radical (unpaired) electrons. The van der Waals surface area contributed by atoms with Gasteiger partial charge in [-0.1, -0.05) is 0 Å². The largest absolute Gasteiger partial charge is 0.503 e. The number of methoxy groups -OCH3 is 4. The second-order valence-electron chi connectivity index (χ2n) is 22.6. The van der Waals surface area contributed by atoms with Crippen molar-refractivity contribution in [1.82, 2.24) is 19.9 Å². The third-order valence-corrected chi connectivity index (χ3v) is 16.3. The Balaban J connectivity index is 1.13. The van der Waals surface area contributed by atoms with E-state index in [0.717, 1.165) is 0 Å². The van der Waals surface area contributed by atoms with Crippen LogP contribution in [0.15, 0.2) is 211 Å². The van der Waals surface area contributed by atoms with Crippen molar-refractivity contribution < 1.29 is 59.1 Å². The first kappa shape index (κ1) is 67.3. The van der Waals surface area contributed by atoms with E-state index < -0.39 is 42.7 Å². The Morgan fingerprint density at radius 1 is 0.308 bits per heavy atom. The van der Waals surface area contributed by atoms with Gasteiger partial charge in [0, 0.05) is 92.9 Å². The molecule has 2 aliphatic heterocycles. The SMILES string of the molecule is COc1cc(-c2c3nc(c(-c4cc(N=Nc5ccc([N+](=O)[O-])cc5)c(O)c(OC)c4)c4ccc([nH]4)c(-c4cc(N=Nc5ccc([N+](=O)[O-])cc5)c(O)c(OC)c4)c4nc(c(-c5cc(N=Nc6ccc([N+](=O)[O-])cc6)c(O)c(OC)c5)c5ccc2[nH]5)C=C4)C=C3)cc(N=Nc2ccc([N+](=O)[O-])cc2)c1O. The van der Waals surface area contributed by atoms with Crippen LogP contribution in [-0.2, 0) is 0 Å². The molecule has 0 aliphatic carbocycles. The molecule has 6 N–H and O–H groups in total. The van der Waals surface area contributed by atoms with Gasteiger partial charge in [-0.15, -0.1) is 20.5 Å². The van der Waals surface area contributed by atoms with Crippen LogP contribution in [0.25, 0.3) is 90.9 Å². The van der Waals surface area contributed by atoms with Gasteiger partial charge in [0.15, 0.2) is 46.0 Å². The van der Waals surface area contributed by atoms with E-state index in [9.17, 15) is 60.9 Å². The molecule has 11 aromatic rings. The Bertz CT molecular complexity index is 5050. The highest BCUT2D eigenvalue weighted by Gasteiger charge is 2.26. The quantitative estimate of drug-likeness (QED) is 0.0234. The highest BCUT2D eigenvalue weighted by molar-refractivity contribution is 6.01. The molecule has 0 atom stereocenters. The molecule has 32 heteroatoms. The summed E-state index contributed by atoms with van der Waals surface area (Å²) in [4.78, 5) is 61.8. The monoisotopic (exact) mass is 1390 g/mol. The molecule has 8 bridgehead atoms. The summed E-state index contributed by atoms with van der Waals surface area (Å²) in [5, 5.41) is 128. The maximum absolute atomic E-state index is 11.7. The lowest BCUT2D eigenvalue weighted by atomic mass is 10.0. The van der Waals surface area contributed by atoms with Gasteiger partial charge in [0.2, 0.25) is 0 Å². The average molecular weight is 1400 g/mol. The minimum Gasteiger partial charge on any atom is -0.503 e. The highest BCUT2D eigenvalue weighted by atomic mass is 16.6. The number of nitro groups is 4. The molecule has 8 aromatic carbocycles. The number of nitrogens with one attached hydrogen (secondary N) is 2. The van der Waals surface area contributed by atoms with E-state index in [-0.39, 0.29) is 114 Å². The van der Waals surface area contributed by atoms with Crippen LogP contribution in [0, 0.1) is 40.5 Å². The predicted molar refractivity (Wildman–Crippen MR) is 383 cm³/mol. The Morgan fingerprint density at radius 3 is 0.692 bits per heavy atom. The molecule has 5 heterocycles. The first-order valence-corrected chi connectivity index (χ1v) is 30.7. The van der Waals surface area contributed by atoms with E-state index in [2.05, 4.69) is 50.9 Å². The standard InChI is InChI=1S/C72H50N16O16/c1-101-61-33-37(29-57(69(61)89)81-77-41-5-13-45(14-6-41)85(93)94)65-49-21-23-51(73-49)66(38-30-58(70(90)62(34-38)102-2)82-78-42-7-15-46(16-8-42)86(95)96)53-25-27-55(75-53)68(40-32-60(72(92)64(36-40)104-4)84-80-44-11-19-48(20-12-44)88(99)100)56-28-26-54(76-56)67(52-24-22-50(65)74-52)39-31-59(71(91)63(35-39)103-3)83-79-43-9-17-47(18-10-43)87(97)98/h5-36,73,76,89-92H,1-4H3. The Labute approximate surface area is 584 Å². The number of aromatic hydroxyl groups is 4. The van der Waals surface area contributed by atoms with Gasteiger partial charge < -0.3 is 49.3 Å². The van der Waals surface area contributed by atoms with E-state index in [1.165, 1.54) is 150 Å². The van der Waals surface area contributed by atoms with Crippen molar-refractivity contribution in [3.63, 3.8) is 0 Å². The predicted octanol–water partition coefficient (Wildman–Crippen LogP) is 19.5. The molecule has 0 saturated carbocycles. The number of phenolic OH excluding ortho intramolecular Hbond substituents is 4. The molecule has 104 heavy (non-hydrogen) atoms. The summed E-state index contributed by atoms with van der Waals surface area (Å²) < 4.78 is 23.1. The first-order valence-electron chi connectivity index (χ1n) is 30.7. The summed E-state index contributed by atoms with van der Waals surface area (Å²) in [6.45, 7) is 0. The van der Waals surface area contributed by atoms with E-state index in [1.54, 1.807) is 72.8 Å². The highest BCUT2D eigenvalue weighted by Crippen LogP contribution is 2.50. The van der Waals surface area contributed by atoms with Gasteiger partial charge in [-0.2, -0.15) is 20.5 Å². The van der Waals surface area contributed by atoms with Crippen LogP contribution in [0.4, 0.5) is 68.2 Å². The Hall–Kier alpha value is -15.2. The fourth-order valence-corrected chi connectivity index (χ4v) is 11.3. The zero-order valence-electron chi connectivity index (χ0n) is 54.4. The summed E-state index contributed by atoms with van der Waals surface area (Å²) in [6.07, 6.45) is 6.92. The van der Waals surface area contributed by atoms with Crippen LogP contribution in [-0.4, -0.2) is 88.5 Å². The van der Waals surface area contributed by atoms with Gasteiger partial charge in [-0.25, -0.2) is 9.97 Å². The minimum atomic E-state index is -0.561. The van der Waals surface area contributed by atoms with Crippen molar-refractivity contribution in [2.45, 2.75) is 0 Å². The number of non-ortho nitro benzene ring substituents is 4. The second kappa shape index (κ2) is 28.3. The number of rotatable bonds is 20. The Kier molecular flexibility index (Phi) is 18.3. The summed E-state index contributed by atoms with van der Waals surface area (Å²) in [5.41, 5.74) is 5.14. The number of aromatic nitrogens is 4. The molecule has 0 fully saturated rings. The molecule has 0 spiro atoms. The van der Waals surface area contributed by atoms with Gasteiger partial charge in [-0.3, -0.25) is 40.5 Å². The number of aromatic amines is 2. The van der Waals surface area contributed by atoms with Crippen molar-refractivity contribution in [3.8, 4) is 90.5 Å². The third-order valence-electron chi connectivity index (χ3n) is 16.3. The average Bonchev–Trinajstić information content (AvgIpc) is 1.58. The molecule has 2 aliphatic rings. The number of ether oxygens (including phenoxy) is 4. The number of nitrogens with zero attached hydrogens (tertiary/aromatic N) is 14. The lowest BCUT2D eigenvalue weighted by molar-refractivity contribution is -0.385. The molecule has 514 valence electrons. The number of nitro benzene ring substituents is 4. The van der Waals surface area contributed by atoms with Gasteiger partial charge in [0.25, 0.3) is 22.7 Å². The third kappa shape index (κ3) is 13.6. The number of hydrogen-bond donors (Lipinski definition) is 6. The van der Waals surface area contributed by atoms with Gasteiger partial charge in [0.05, 0.1) is 93.7 Å². The smallest absolute Gasteiger partial charge is 0.269 e. The topological polar surface area (TPSA) is 447 Å². The zero-order valence-corrected chi connectivity index (χ0v) is 54.4.